The Morgan fingerprint density at radius 3 is 2.63 bits per heavy atom. The van der Waals surface area contributed by atoms with Gasteiger partial charge in [-0.05, 0) is 46.3 Å². The highest BCUT2D eigenvalue weighted by molar-refractivity contribution is 9.10. The first-order valence-corrected chi connectivity index (χ1v) is 7.88. The van der Waals surface area contributed by atoms with Gasteiger partial charge in [0.05, 0.1) is 11.6 Å². The van der Waals surface area contributed by atoms with E-state index >= 15 is 0 Å². The minimum Gasteiger partial charge on any atom is -0.446 e. The Balaban J connectivity index is 2.06. The number of halogens is 2. The molecule has 0 aliphatic carbocycles. The lowest BCUT2D eigenvalue weighted by Gasteiger charge is -2.05. The van der Waals surface area contributed by atoms with Crippen LogP contribution in [0, 0.1) is 0 Å². The molecule has 1 aromatic carbocycles. The summed E-state index contributed by atoms with van der Waals surface area (Å²) >= 11 is 9.25. The minimum absolute atomic E-state index is 0.252. The van der Waals surface area contributed by atoms with Crippen molar-refractivity contribution in [3.63, 3.8) is 0 Å². The first kappa shape index (κ1) is 14.4. The van der Waals surface area contributed by atoms with Crippen molar-refractivity contribution in [1.82, 2.24) is 0 Å². The third-order valence-electron chi connectivity index (χ3n) is 2.30. The summed E-state index contributed by atoms with van der Waals surface area (Å²) in [5.41, 5.74) is 0.793. The van der Waals surface area contributed by atoms with E-state index in [1.807, 2.05) is 12.1 Å². The van der Waals surface area contributed by atoms with E-state index < -0.39 is 10.0 Å². The number of anilines is 1. The van der Waals surface area contributed by atoms with Crippen LogP contribution in [0.25, 0.3) is 0 Å². The first-order valence-electron chi connectivity index (χ1n) is 5.17. The monoisotopic (exact) mass is 364 g/mol. The highest BCUT2D eigenvalue weighted by Gasteiger charge is 2.12. The lowest BCUT2D eigenvalue weighted by molar-refractivity contribution is 0.419. The second-order valence-electron chi connectivity index (χ2n) is 3.75. The Morgan fingerprint density at radius 2 is 2.05 bits per heavy atom. The Morgan fingerprint density at radius 1 is 1.32 bits per heavy atom. The molecule has 0 atom stereocenters. The highest BCUT2D eigenvalue weighted by Crippen LogP contribution is 2.25. The Kier molecular flexibility index (Phi) is 4.19. The molecule has 2 aromatic rings. The molecule has 0 saturated carbocycles. The molecule has 3 N–H and O–H groups in total. The standard InChI is InChI=1S/C11H10BrClN2O3S/c12-9-3-1-7(5-10(9)13)15-6-8-2-4-11(18-8)19(14,16)17/h1-5,15H,6H2,(H2,14,16,17). The van der Waals surface area contributed by atoms with Crippen molar-refractivity contribution in [2.75, 3.05) is 5.32 Å². The number of hydrogen-bond acceptors (Lipinski definition) is 4. The largest absolute Gasteiger partial charge is 0.446 e. The third-order valence-corrected chi connectivity index (χ3v) is 4.32. The summed E-state index contributed by atoms with van der Waals surface area (Å²) in [5.74, 6) is 0.461. The SMILES string of the molecule is NS(=O)(=O)c1ccc(CNc2ccc(Br)c(Cl)c2)o1. The van der Waals surface area contributed by atoms with Crippen LogP contribution in [-0.4, -0.2) is 8.42 Å². The Labute approximate surface area is 123 Å². The quantitative estimate of drug-likeness (QED) is 0.872. The average molecular weight is 366 g/mol. The molecule has 0 aliphatic heterocycles. The van der Waals surface area contributed by atoms with Gasteiger partial charge in [-0.15, -0.1) is 0 Å². The van der Waals surface area contributed by atoms with E-state index in [0.29, 0.717) is 17.3 Å². The van der Waals surface area contributed by atoms with Gasteiger partial charge >= 0.3 is 0 Å². The van der Waals surface area contributed by atoms with Gasteiger partial charge < -0.3 is 9.73 Å². The number of benzene rings is 1. The topological polar surface area (TPSA) is 85.3 Å². The molecule has 8 heteroatoms. The first-order chi connectivity index (χ1) is 8.86. The molecule has 0 radical (unpaired) electrons. The molecule has 2 rings (SSSR count). The Bertz CT molecular complexity index is 700. The number of furan rings is 1. The van der Waals surface area contributed by atoms with Gasteiger partial charge in [-0.25, -0.2) is 13.6 Å². The number of rotatable bonds is 4. The molecule has 0 aliphatic rings. The van der Waals surface area contributed by atoms with Gasteiger partial charge in [0.1, 0.15) is 5.76 Å². The van der Waals surface area contributed by atoms with Crippen LogP contribution >= 0.6 is 27.5 Å². The molecule has 0 unspecified atom stereocenters. The maximum Gasteiger partial charge on any atom is 0.271 e. The summed E-state index contributed by atoms with van der Waals surface area (Å²) in [6.45, 7) is 0.327. The fraction of sp³-hybridized carbons (Fsp3) is 0.0909. The molecule has 5 nitrogen and oxygen atoms in total. The second kappa shape index (κ2) is 5.54. The van der Waals surface area contributed by atoms with Crippen molar-refractivity contribution in [2.24, 2.45) is 5.14 Å². The molecule has 1 aromatic heterocycles. The maximum absolute atomic E-state index is 11.0. The number of hydrogen-bond donors (Lipinski definition) is 2. The predicted octanol–water partition coefficient (Wildman–Crippen LogP) is 2.96. The van der Waals surface area contributed by atoms with E-state index in [1.165, 1.54) is 6.07 Å². The summed E-state index contributed by atoms with van der Waals surface area (Å²) in [6, 6.07) is 8.26. The summed E-state index contributed by atoms with van der Waals surface area (Å²) in [5, 5.41) is 8.34. The molecule has 1 heterocycles. The molecule has 0 bridgehead atoms. The molecular formula is C11H10BrClN2O3S. The maximum atomic E-state index is 11.0. The van der Waals surface area contributed by atoms with Crippen LogP contribution < -0.4 is 10.5 Å². The lowest BCUT2D eigenvalue weighted by atomic mass is 10.3. The smallest absolute Gasteiger partial charge is 0.271 e. The van der Waals surface area contributed by atoms with Crippen LogP contribution in [0.3, 0.4) is 0 Å². The molecule has 0 spiro atoms. The van der Waals surface area contributed by atoms with Gasteiger partial charge in [0, 0.05) is 10.2 Å². The van der Waals surface area contributed by atoms with E-state index in [4.69, 9.17) is 21.2 Å². The molecular weight excluding hydrogens is 356 g/mol. The normalized spacial score (nSPS) is 11.5. The Hall–Kier alpha value is -1.02. The number of sulfonamides is 1. The van der Waals surface area contributed by atoms with Crippen molar-refractivity contribution in [3.8, 4) is 0 Å². The number of primary sulfonamides is 1. The fourth-order valence-electron chi connectivity index (χ4n) is 1.40. The minimum atomic E-state index is -3.80. The molecule has 0 saturated heterocycles. The van der Waals surface area contributed by atoms with Crippen molar-refractivity contribution < 1.29 is 12.8 Å². The lowest BCUT2D eigenvalue weighted by Crippen LogP contribution is -2.10. The van der Waals surface area contributed by atoms with Crippen molar-refractivity contribution in [2.45, 2.75) is 11.6 Å². The highest BCUT2D eigenvalue weighted by atomic mass is 79.9. The number of nitrogens with one attached hydrogen (secondary N) is 1. The zero-order valence-electron chi connectivity index (χ0n) is 9.56. The molecule has 19 heavy (non-hydrogen) atoms. The second-order valence-corrected chi connectivity index (χ2v) is 6.50. The molecule has 0 amide bonds. The van der Waals surface area contributed by atoms with E-state index in [2.05, 4.69) is 21.2 Å². The molecule has 0 fully saturated rings. The van der Waals surface area contributed by atoms with Crippen LogP contribution in [0.2, 0.25) is 5.02 Å². The average Bonchev–Trinajstić information content (AvgIpc) is 2.79. The van der Waals surface area contributed by atoms with Gasteiger partial charge in [0.2, 0.25) is 5.09 Å². The summed E-state index contributed by atoms with van der Waals surface area (Å²) in [7, 11) is -3.80. The van der Waals surface area contributed by atoms with E-state index in [-0.39, 0.29) is 5.09 Å². The van der Waals surface area contributed by atoms with Gasteiger partial charge in [0.25, 0.3) is 10.0 Å². The van der Waals surface area contributed by atoms with Gasteiger partial charge in [-0.1, -0.05) is 11.6 Å². The van der Waals surface area contributed by atoms with Crippen molar-refractivity contribution in [3.05, 3.63) is 45.6 Å². The zero-order valence-corrected chi connectivity index (χ0v) is 12.7. The van der Waals surface area contributed by atoms with Crippen LogP contribution in [0.1, 0.15) is 5.76 Å². The van der Waals surface area contributed by atoms with Crippen LogP contribution in [0.5, 0.6) is 0 Å². The van der Waals surface area contributed by atoms with Crippen molar-refractivity contribution in [1.29, 1.82) is 0 Å². The van der Waals surface area contributed by atoms with Gasteiger partial charge in [-0.3, -0.25) is 0 Å². The number of nitrogens with two attached hydrogens (primary N) is 1. The third kappa shape index (κ3) is 3.73. The van der Waals surface area contributed by atoms with Crippen molar-refractivity contribution >= 4 is 43.2 Å². The molecule has 102 valence electrons. The fourth-order valence-corrected chi connectivity index (χ4v) is 2.31. The predicted molar refractivity (Wildman–Crippen MR) is 76.6 cm³/mol. The van der Waals surface area contributed by atoms with E-state index in [0.717, 1.165) is 10.2 Å². The van der Waals surface area contributed by atoms with Crippen LogP contribution in [0.4, 0.5) is 5.69 Å². The van der Waals surface area contributed by atoms with Crippen LogP contribution in [-0.2, 0) is 16.6 Å². The summed E-state index contributed by atoms with van der Waals surface area (Å²) in [4.78, 5) is 0. The summed E-state index contributed by atoms with van der Waals surface area (Å²) in [6.07, 6.45) is 0. The zero-order chi connectivity index (χ0) is 14.0. The van der Waals surface area contributed by atoms with Gasteiger partial charge in [-0.2, -0.15) is 0 Å². The van der Waals surface area contributed by atoms with Crippen LogP contribution in [0.15, 0.2) is 44.3 Å². The van der Waals surface area contributed by atoms with E-state index in [1.54, 1.807) is 12.1 Å². The summed E-state index contributed by atoms with van der Waals surface area (Å²) < 4.78 is 28.0. The van der Waals surface area contributed by atoms with Gasteiger partial charge in [0.15, 0.2) is 0 Å². The van der Waals surface area contributed by atoms with E-state index in [9.17, 15) is 8.42 Å².